The van der Waals surface area contributed by atoms with Crippen LogP contribution in [0.15, 0.2) is 24.3 Å². The minimum absolute atomic E-state index is 0.318. The zero-order valence-corrected chi connectivity index (χ0v) is 16.5. The van der Waals surface area contributed by atoms with E-state index in [1.54, 1.807) is 6.07 Å². The number of hydrogen-bond acceptors (Lipinski definition) is 3. The van der Waals surface area contributed by atoms with Gasteiger partial charge in [-0.3, -0.25) is 4.79 Å². The first kappa shape index (κ1) is 22.2. The van der Waals surface area contributed by atoms with Gasteiger partial charge in [-0.25, -0.2) is 4.79 Å². The molecular weight excluding hydrogens is 326 g/mol. The Bertz CT molecular complexity index is 528. The molecule has 26 heavy (non-hydrogen) atoms. The van der Waals surface area contributed by atoms with E-state index in [9.17, 15) is 9.59 Å². The largest absolute Gasteiger partial charge is 0.459 e. The highest BCUT2D eigenvalue weighted by Gasteiger charge is 2.16. The fraction of sp³-hybridized carbons (Fsp3) is 0.636. The lowest BCUT2D eigenvalue weighted by molar-refractivity contribution is -0.152. The molecule has 0 atom stereocenters. The average molecular weight is 362 g/mol. The van der Waals surface area contributed by atoms with Crippen molar-refractivity contribution >= 4 is 17.6 Å². The first-order valence-electron chi connectivity index (χ1n) is 10.2. The molecule has 0 heterocycles. The fourth-order valence-electron chi connectivity index (χ4n) is 2.94. The average Bonchev–Trinajstić information content (AvgIpc) is 2.66. The molecule has 146 valence electrons. The standard InChI is InChI=1S/C22H35NO3/c1-3-5-6-7-8-9-10-11-12-15-18-26-22(25)21(24)23-20-17-14-13-16-19(20)4-2/h13-14,16-17H,3-12,15,18H2,1-2H3,(H,23,24). The Kier molecular flexibility index (Phi) is 12.2. The van der Waals surface area contributed by atoms with Crippen molar-refractivity contribution in [3.63, 3.8) is 0 Å². The van der Waals surface area contributed by atoms with E-state index in [4.69, 9.17) is 4.74 Å². The van der Waals surface area contributed by atoms with Crippen LogP contribution < -0.4 is 5.32 Å². The Morgan fingerprint density at radius 2 is 1.42 bits per heavy atom. The molecule has 4 nitrogen and oxygen atoms in total. The monoisotopic (exact) mass is 361 g/mol. The van der Waals surface area contributed by atoms with Crippen LogP contribution in [0.4, 0.5) is 5.69 Å². The summed E-state index contributed by atoms with van der Waals surface area (Å²) < 4.78 is 5.07. The Morgan fingerprint density at radius 3 is 2.04 bits per heavy atom. The van der Waals surface area contributed by atoms with Gasteiger partial charge in [0.1, 0.15) is 0 Å². The van der Waals surface area contributed by atoms with Gasteiger partial charge in [-0.1, -0.05) is 89.8 Å². The second kappa shape index (κ2) is 14.3. The van der Waals surface area contributed by atoms with Gasteiger partial charge in [0.05, 0.1) is 6.61 Å². The number of rotatable bonds is 13. The highest BCUT2D eigenvalue weighted by Crippen LogP contribution is 2.15. The van der Waals surface area contributed by atoms with E-state index in [2.05, 4.69) is 12.2 Å². The number of benzene rings is 1. The minimum atomic E-state index is -0.799. The van der Waals surface area contributed by atoms with Crippen molar-refractivity contribution < 1.29 is 14.3 Å². The van der Waals surface area contributed by atoms with Crippen molar-refractivity contribution in [3.05, 3.63) is 29.8 Å². The quantitative estimate of drug-likeness (QED) is 0.280. The van der Waals surface area contributed by atoms with Gasteiger partial charge in [-0.05, 0) is 24.5 Å². The predicted octanol–water partition coefficient (Wildman–Crippen LogP) is 5.65. The molecule has 0 bridgehead atoms. The van der Waals surface area contributed by atoms with Gasteiger partial charge in [0, 0.05) is 5.69 Å². The Balaban J connectivity index is 2.06. The van der Waals surface area contributed by atoms with E-state index < -0.39 is 11.9 Å². The molecule has 1 aromatic carbocycles. The van der Waals surface area contributed by atoms with Crippen LogP contribution in [0.1, 0.15) is 83.6 Å². The zero-order chi connectivity index (χ0) is 19.0. The molecule has 0 aliphatic carbocycles. The Morgan fingerprint density at radius 1 is 0.846 bits per heavy atom. The summed E-state index contributed by atoms with van der Waals surface area (Å²) in [6.45, 7) is 4.56. The van der Waals surface area contributed by atoms with Crippen LogP contribution >= 0.6 is 0 Å². The van der Waals surface area contributed by atoms with Crippen LogP contribution in [-0.2, 0) is 20.7 Å². The maximum absolute atomic E-state index is 11.9. The molecule has 0 aromatic heterocycles. The van der Waals surface area contributed by atoms with E-state index in [1.807, 2.05) is 25.1 Å². The molecule has 0 fully saturated rings. The van der Waals surface area contributed by atoms with Crippen molar-refractivity contribution in [2.45, 2.75) is 84.5 Å². The number of amides is 1. The highest BCUT2D eigenvalue weighted by molar-refractivity contribution is 6.37. The SMILES string of the molecule is CCCCCCCCCCCCOC(=O)C(=O)Nc1ccccc1CC. The van der Waals surface area contributed by atoms with E-state index in [0.29, 0.717) is 12.3 Å². The van der Waals surface area contributed by atoms with Gasteiger partial charge < -0.3 is 10.1 Å². The summed E-state index contributed by atoms with van der Waals surface area (Å²) in [6, 6.07) is 7.49. The first-order chi connectivity index (χ1) is 12.7. The number of esters is 1. The summed E-state index contributed by atoms with van der Waals surface area (Å²) in [7, 11) is 0. The molecule has 0 spiro atoms. The number of aryl methyl sites for hydroxylation is 1. The van der Waals surface area contributed by atoms with Crippen molar-refractivity contribution in [2.75, 3.05) is 11.9 Å². The van der Waals surface area contributed by atoms with Crippen molar-refractivity contribution in [3.8, 4) is 0 Å². The topological polar surface area (TPSA) is 55.4 Å². The number of carbonyl (C=O) groups excluding carboxylic acids is 2. The summed E-state index contributed by atoms with van der Waals surface area (Å²) in [4.78, 5) is 23.7. The third kappa shape index (κ3) is 9.59. The second-order valence-corrected chi connectivity index (χ2v) is 6.78. The minimum Gasteiger partial charge on any atom is -0.459 e. The number of ether oxygens (including phenoxy) is 1. The summed E-state index contributed by atoms with van der Waals surface area (Å²) >= 11 is 0. The molecule has 0 unspecified atom stereocenters. The second-order valence-electron chi connectivity index (χ2n) is 6.78. The number of carbonyl (C=O) groups is 2. The van der Waals surface area contributed by atoms with Gasteiger partial charge in [0.15, 0.2) is 0 Å². The lowest BCUT2D eigenvalue weighted by Gasteiger charge is -2.09. The fourth-order valence-corrected chi connectivity index (χ4v) is 2.94. The van der Waals surface area contributed by atoms with Crippen molar-refractivity contribution in [1.29, 1.82) is 0 Å². The summed E-state index contributed by atoms with van der Waals surface area (Å²) in [5.74, 6) is -1.50. The molecule has 0 aliphatic heterocycles. The zero-order valence-electron chi connectivity index (χ0n) is 16.5. The van der Waals surface area contributed by atoms with E-state index in [0.717, 1.165) is 24.8 Å². The molecule has 1 aromatic rings. The van der Waals surface area contributed by atoms with E-state index >= 15 is 0 Å². The maximum atomic E-state index is 11.9. The molecule has 1 rings (SSSR count). The smallest absolute Gasteiger partial charge is 0.397 e. The number of hydrogen-bond donors (Lipinski definition) is 1. The van der Waals surface area contributed by atoms with Gasteiger partial charge >= 0.3 is 11.9 Å². The molecule has 0 saturated heterocycles. The maximum Gasteiger partial charge on any atom is 0.397 e. The van der Waals surface area contributed by atoms with Crippen LogP contribution in [-0.4, -0.2) is 18.5 Å². The molecule has 0 aliphatic rings. The number of para-hydroxylation sites is 1. The molecule has 0 radical (unpaired) electrons. The summed E-state index contributed by atoms with van der Waals surface area (Å²) in [6.07, 6.45) is 13.0. The van der Waals surface area contributed by atoms with Gasteiger partial charge in [0.25, 0.3) is 0 Å². The van der Waals surface area contributed by atoms with Crippen molar-refractivity contribution in [1.82, 2.24) is 0 Å². The Hall–Kier alpha value is -1.84. The van der Waals surface area contributed by atoms with Crippen LogP contribution in [0.2, 0.25) is 0 Å². The van der Waals surface area contributed by atoms with Crippen LogP contribution in [0, 0.1) is 0 Å². The lowest BCUT2D eigenvalue weighted by atomic mass is 10.1. The molecule has 1 N–H and O–H groups in total. The van der Waals surface area contributed by atoms with E-state index in [1.165, 1.54) is 51.4 Å². The van der Waals surface area contributed by atoms with Crippen LogP contribution in [0.5, 0.6) is 0 Å². The Labute approximate surface area is 158 Å². The summed E-state index contributed by atoms with van der Waals surface area (Å²) in [5, 5.41) is 2.64. The summed E-state index contributed by atoms with van der Waals surface area (Å²) in [5.41, 5.74) is 1.68. The molecule has 4 heteroatoms. The molecular formula is C22H35NO3. The van der Waals surface area contributed by atoms with Crippen LogP contribution in [0.25, 0.3) is 0 Å². The number of unbranched alkanes of at least 4 members (excludes halogenated alkanes) is 9. The number of nitrogens with one attached hydrogen (secondary N) is 1. The third-order valence-corrected chi connectivity index (χ3v) is 4.56. The van der Waals surface area contributed by atoms with E-state index in [-0.39, 0.29) is 0 Å². The molecule has 1 amide bonds. The normalized spacial score (nSPS) is 10.5. The predicted molar refractivity (Wildman–Crippen MR) is 107 cm³/mol. The van der Waals surface area contributed by atoms with Crippen molar-refractivity contribution in [2.24, 2.45) is 0 Å². The third-order valence-electron chi connectivity index (χ3n) is 4.56. The van der Waals surface area contributed by atoms with Gasteiger partial charge in [-0.15, -0.1) is 0 Å². The number of anilines is 1. The highest BCUT2D eigenvalue weighted by atomic mass is 16.5. The van der Waals surface area contributed by atoms with Gasteiger partial charge in [-0.2, -0.15) is 0 Å². The lowest BCUT2D eigenvalue weighted by Crippen LogP contribution is -2.25. The van der Waals surface area contributed by atoms with Crippen LogP contribution in [0.3, 0.4) is 0 Å². The van der Waals surface area contributed by atoms with Gasteiger partial charge in [0.2, 0.25) is 0 Å². The molecule has 0 saturated carbocycles. The first-order valence-corrected chi connectivity index (χ1v) is 10.2.